The number of carbonyl (C=O) groups excluding carboxylic acids is 1. The quantitative estimate of drug-likeness (QED) is 0.698. The van der Waals surface area contributed by atoms with E-state index in [1.807, 2.05) is 6.07 Å². The number of benzene rings is 1. The van der Waals surface area contributed by atoms with Crippen molar-refractivity contribution >= 4 is 11.4 Å². The second-order valence-corrected chi connectivity index (χ2v) is 8.79. The summed E-state index contributed by atoms with van der Waals surface area (Å²) in [5.41, 5.74) is 2.96. The van der Waals surface area contributed by atoms with Crippen LogP contribution in [0.15, 0.2) is 18.2 Å². The number of ether oxygens (including phenoxy) is 1. The number of fused-ring (bicyclic) bond motifs is 3. The zero-order valence-corrected chi connectivity index (χ0v) is 16.0. The van der Waals surface area contributed by atoms with Crippen molar-refractivity contribution in [3.05, 3.63) is 29.3 Å². The molecule has 1 saturated carbocycles. The number of phenols is 1. The largest absolute Gasteiger partial charge is 0.507 e. The van der Waals surface area contributed by atoms with Crippen molar-refractivity contribution < 1.29 is 14.6 Å². The van der Waals surface area contributed by atoms with Crippen molar-refractivity contribution in [1.29, 1.82) is 0 Å². The fraction of sp³-hybridized carbons (Fsp3) is 0.609. The highest BCUT2D eigenvalue weighted by atomic mass is 16.5. The van der Waals surface area contributed by atoms with Gasteiger partial charge < -0.3 is 9.84 Å². The Morgan fingerprint density at radius 2 is 1.92 bits per heavy atom. The molecule has 0 radical (unpaired) electrons. The fourth-order valence-corrected chi connectivity index (χ4v) is 5.21. The normalized spacial score (nSPS) is 28.1. The summed E-state index contributed by atoms with van der Waals surface area (Å²) in [6.07, 6.45) is 11.6. The molecule has 2 aliphatic carbocycles. The molecular weight excluding hydrogens is 324 g/mol. The van der Waals surface area contributed by atoms with Gasteiger partial charge in [0.15, 0.2) is 0 Å². The van der Waals surface area contributed by atoms with E-state index in [0.29, 0.717) is 24.4 Å². The molecule has 0 spiro atoms. The van der Waals surface area contributed by atoms with Gasteiger partial charge in [0, 0.05) is 30.2 Å². The van der Waals surface area contributed by atoms with E-state index in [2.05, 4.69) is 26.0 Å². The van der Waals surface area contributed by atoms with Gasteiger partial charge in [-0.2, -0.15) is 0 Å². The third kappa shape index (κ3) is 3.17. The van der Waals surface area contributed by atoms with Crippen molar-refractivity contribution in [3.8, 4) is 11.5 Å². The molecule has 4 rings (SSSR count). The molecule has 26 heavy (non-hydrogen) atoms. The molecule has 140 valence electrons. The highest BCUT2D eigenvalue weighted by Crippen LogP contribution is 2.54. The molecule has 3 nitrogen and oxygen atoms in total. The number of hydrogen-bond acceptors (Lipinski definition) is 3. The molecule has 1 N–H and O–H groups in total. The Labute approximate surface area is 156 Å². The van der Waals surface area contributed by atoms with E-state index >= 15 is 0 Å². The van der Waals surface area contributed by atoms with Crippen LogP contribution in [0.5, 0.6) is 11.5 Å². The van der Waals surface area contributed by atoms with Crippen LogP contribution >= 0.6 is 0 Å². The van der Waals surface area contributed by atoms with E-state index < -0.39 is 0 Å². The van der Waals surface area contributed by atoms with Crippen LogP contribution in [-0.2, 0) is 4.79 Å². The third-order valence-corrected chi connectivity index (χ3v) is 6.59. The summed E-state index contributed by atoms with van der Waals surface area (Å²) >= 11 is 0. The van der Waals surface area contributed by atoms with E-state index in [1.54, 1.807) is 0 Å². The van der Waals surface area contributed by atoms with Crippen LogP contribution in [0.1, 0.15) is 88.7 Å². The first-order valence-corrected chi connectivity index (χ1v) is 10.2. The van der Waals surface area contributed by atoms with Crippen molar-refractivity contribution in [2.45, 2.75) is 83.2 Å². The lowest BCUT2D eigenvalue weighted by atomic mass is 9.66. The minimum Gasteiger partial charge on any atom is -0.507 e. The van der Waals surface area contributed by atoms with Gasteiger partial charge in [0.05, 0.1) is 0 Å². The summed E-state index contributed by atoms with van der Waals surface area (Å²) in [7, 11) is 0. The Bertz CT molecular complexity index is 744. The molecule has 0 amide bonds. The number of hydrogen-bond donors (Lipinski definition) is 1. The molecule has 0 unspecified atom stereocenters. The number of aromatic hydroxyl groups is 1. The van der Waals surface area contributed by atoms with Crippen molar-refractivity contribution in [1.82, 2.24) is 0 Å². The van der Waals surface area contributed by atoms with Gasteiger partial charge in [-0.15, -0.1) is 0 Å². The molecule has 1 fully saturated rings. The van der Waals surface area contributed by atoms with Gasteiger partial charge in [-0.25, -0.2) is 0 Å². The van der Waals surface area contributed by atoms with Gasteiger partial charge in [0.1, 0.15) is 22.9 Å². The van der Waals surface area contributed by atoms with Crippen LogP contribution in [0, 0.1) is 5.92 Å². The van der Waals surface area contributed by atoms with Gasteiger partial charge in [0.2, 0.25) is 0 Å². The maximum Gasteiger partial charge on any atom is 0.133 e. The van der Waals surface area contributed by atoms with Crippen LogP contribution in [0.3, 0.4) is 0 Å². The lowest BCUT2D eigenvalue weighted by Crippen LogP contribution is -2.47. The van der Waals surface area contributed by atoms with E-state index in [0.717, 1.165) is 36.1 Å². The number of ketones is 1. The fourth-order valence-electron chi connectivity index (χ4n) is 5.21. The first-order valence-electron chi connectivity index (χ1n) is 10.2. The molecule has 2 atom stereocenters. The smallest absolute Gasteiger partial charge is 0.133 e. The SMILES string of the molecule is CC1(C)Oc2cc(C3=CCCCCCC3)cc(O)c2[C@@H]2CC(=O)CC[C@H]21. The zero-order chi connectivity index (χ0) is 18.3. The van der Waals surface area contributed by atoms with Crippen molar-refractivity contribution in [2.24, 2.45) is 5.92 Å². The van der Waals surface area contributed by atoms with Crippen LogP contribution < -0.4 is 4.74 Å². The topological polar surface area (TPSA) is 46.5 Å². The molecule has 0 saturated heterocycles. The van der Waals surface area contributed by atoms with Crippen LogP contribution in [-0.4, -0.2) is 16.5 Å². The second-order valence-electron chi connectivity index (χ2n) is 8.79. The van der Waals surface area contributed by atoms with Crippen LogP contribution in [0.4, 0.5) is 0 Å². The maximum atomic E-state index is 12.1. The Balaban J connectivity index is 1.75. The lowest BCUT2D eigenvalue weighted by molar-refractivity contribution is -0.124. The Morgan fingerprint density at radius 1 is 1.12 bits per heavy atom. The first kappa shape index (κ1) is 17.6. The summed E-state index contributed by atoms with van der Waals surface area (Å²) in [5, 5.41) is 10.9. The highest BCUT2D eigenvalue weighted by Gasteiger charge is 2.47. The number of Topliss-reactive ketones (excluding diaryl/α,β-unsaturated/α-hetero) is 1. The third-order valence-electron chi connectivity index (χ3n) is 6.59. The Morgan fingerprint density at radius 3 is 2.77 bits per heavy atom. The summed E-state index contributed by atoms with van der Waals surface area (Å²) < 4.78 is 6.39. The summed E-state index contributed by atoms with van der Waals surface area (Å²) in [6, 6.07) is 4.02. The Kier molecular flexibility index (Phi) is 4.58. The monoisotopic (exact) mass is 354 g/mol. The minimum atomic E-state index is -0.307. The van der Waals surface area contributed by atoms with Gasteiger partial charge in [-0.3, -0.25) is 4.79 Å². The summed E-state index contributed by atoms with van der Waals surface area (Å²) in [5.74, 6) is 1.76. The molecule has 0 bridgehead atoms. The van der Waals surface area contributed by atoms with Gasteiger partial charge in [-0.1, -0.05) is 18.9 Å². The predicted molar refractivity (Wildman–Crippen MR) is 104 cm³/mol. The highest BCUT2D eigenvalue weighted by molar-refractivity contribution is 5.81. The molecule has 3 aliphatic rings. The average molecular weight is 354 g/mol. The molecule has 1 aromatic rings. The van der Waals surface area contributed by atoms with E-state index in [4.69, 9.17) is 4.74 Å². The average Bonchev–Trinajstić information content (AvgIpc) is 2.52. The molecule has 0 aromatic heterocycles. The lowest BCUT2D eigenvalue weighted by Gasteiger charge is -2.47. The maximum absolute atomic E-state index is 12.1. The molecule has 1 aliphatic heterocycles. The molecule has 1 aromatic carbocycles. The number of phenolic OH excluding ortho intramolecular Hbond substituents is 1. The minimum absolute atomic E-state index is 0.0790. The van der Waals surface area contributed by atoms with Gasteiger partial charge >= 0.3 is 0 Å². The van der Waals surface area contributed by atoms with Crippen LogP contribution in [0.25, 0.3) is 5.57 Å². The van der Waals surface area contributed by atoms with E-state index in [1.165, 1.54) is 31.3 Å². The molecule has 3 heteroatoms. The van der Waals surface area contributed by atoms with Crippen LogP contribution in [0.2, 0.25) is 0 Å². The van der Waals surface area contributed by atoms with Crippen molar-refractivity contribution in [3.63, 3.8) is 0 Å². The number of allylic oxidation sites excluding steroid dienone is 2. The van der Waals surface area contributed by atoms with E-state index in [-0.39, 0.29) is 17.4 Å². The van der Waals surface area contributed by atoms with Gasteiger partial charge in [0.25, 0.3) is 0 Å². The molecular formula is C23H30O3. The number of rotatable bonds is 1. The van der Waals surface area contributed by atoms with E-state index in [9.17, 15) is 9.90 Å². The zero-order valence-electron chi connectivity index (χ0n) is 16.0. The Hall–Kier alpha value is -1.77. The van der Waals surface area contributed by atoms with Crippen molar-refractivity contribution in [2.75, 3.05) is 0 Å². The summed E-state index contributed by atoms with van der Waals surface area (Å²) in [4.78, 5) is 12.1. The van der Waals surface area contributed by atoms with Gasteiger partial charge in [-0.05, 0) is 69.2 Å². The number of carbonyl (C=O) groups is 1. The first-order chi connectivity index (χ1) is 12.5. The summed E-state index contributed by atoms with van der Waals surface area (Å²) in [6.45, 7) is 4.25. The predicted octanol–water partition coefficient (Wildman–Crippen LogP) is 5.75. The second kappa shape index (κ2) is 6.75. The molecule has 1 heterocycles. The standard InChI is InChI=1S/C23H30O3/c1-23(2)19-11-10-17(24)14-18(19)22-20(25)12-16(13-21(22)26-23)15-8-6-4-3-5-7-9-15/h8,12-13,18-19,25H,3-7,9-11,14H2,1-2H3/t18-,19-/m1/s1.